The molecule has 1 amide bonds. The van der Waals surface area contributed by atoms with Crippen LogP contribution in [0.5, 0.6) is 0 Å². The Balaban J connectivity index is 1.42. The number of imidazole rings is 1. The summed E-state index contributed by atoms with van der Waals surface area (Å²) >= 11 is 0. The predicted molar refractivity (Wildman–Crippen MR) is 97.2 cm³/mol. The van der Waals surface area contributed by atoms with Crippen molar-refractivity contribution in [3.8, 4) is 0 Å². The maximum atomic E-state index is 12.5. The highest BCUT2D eigenvalue weighted by atomic mass is 16.5. The number of nitrogens with zero attached hydrogens (tertiary/aromatic N) is 3. The molecule has 3 aromatic heterocycles. The lowest BCUT2D eigenvalue weighted by Gasteiger charge is -2.25. The quantitative estimate of drug-likeness (QED) is 0.754. The number of H-pyrrole nitrogens is 1. The van der Waals surface area contributed by atoms with Crippen LogP contribution in [0.3, 0.4) is 0 Å². The first-order valence-electron chi connectivity index (χ1n) is 8.97. The predicted octanol–water partition coefficient (Wildman–Crippen LogP) is 2.36. The number of hydrogen-bond acceptors (Lipinski definition) is 4. The van der Waals surface area contributed by atoms with Crippen molar-refractivity contribution in [1.82, 2.24) is 24.9 Å². The molecule has 26 heavy (non-hydrogen) atoms. The van der Waals surface area contributed by atoms with E-state index in [0.717, 1.165) is 28.3 Å². The average Bonchev–Trinajstić information content (AvgIpc) is 3.19. The number of aromatic amines is 1. The maximum Gasteiger partial charge on any atom is 0.272 e. The van der Waals surface area contributed by atoms with E-state index in [1.54, 1.807) is 0 Å². The number of carbonyl (C=O) groups is 1. The van der Waals surface area contributed by atoms with Gasteiger partial charge in [0.05, 0.1) is 23.6 Å². The lowest BCUT2D eigenvalue weighted by Crippen LogP contribution is -2.29. The van der Waals surface area contributed by atoms with Gasteiger partial charge >= 0.3 is 0 Å². The van der Waals surface area contributed by atoms with Gasteiger partial charge in [-0.1, -0.05) is 6.07 Å². The molecule has 7 nitrogen and oxygen atoms in total. The third-order valence-electron chi connectivity index (χ3n) is 4.86. The Morgan fingerprint density at radius 1 is 1.42 bits per heavy atom. The van der Waals surface area contributed by atoms with E-state index in [9.17, 15) is 4.79 Å². The highest BCUT2D eigenvalue weighted by molar-refractivity contribution is 5.94. The summed E-state index contributed by atoms with van der Waals surface area (Å²) in [4.78, 5) is 17.1. The van der Waals surface area contributed by atoms with Crippen molar-refractivity contribution >= 4 is 11.6 Å². The number of rotatable bonds is 4. The number of aryl methyl sites for hydroxylation is 1. The summed E-state index contributed by atoms with van der Waals surface area (Å²) in [6, 6.07) is 6.03. The molecule has 2 atom stereocenters. The van der Waals surface area contributed by atoms with Crippen molar-refractivity contribution in [3.63, 3.8) is 0 Å². The molecule has 4 rings (SSSR count). The molecule has 1 aliphatic rings. The van der Waals surface area contributed by atoms with E-state index in [-0.39, 0.29) is 18.1 Å². The summed E-state index contributed by atoms with van der Waals surface area (Å²) in [5, 5.41) is 10.1. The van der Waals surface area contributed by atoms with Gasteiger partial charge in [0.2, 0.25) is 0 Å². The van der Waals surface area contributed by atoms with E-state index in [2.05, 4.69) is 24.9 Å². The second kappa shape index (κ2) is 6.57. The van der Waals surface area contributed by atoms with Crippen LogP contribution in [-0.2, 0) is 17.6 Å². The molecule has 0 bridgehead atoms. The van der Waals surface area contributed by atoms with Crippen LogP contribution in [0, 0.1) is 6.92 Å². The Morgan fingerprint density at radius 2 is 2.27 bits per heavy atom. The van der Waals surface area contributed by atoms with Crippen molar-refractivity contribution in [1.29, 1.82) is 0 Å². The molecule has 0 radical (unpaired) electrons. The topological polar surface area (TPSA) is 84.3 Å². The van der Waals surface area contributed by atoms with Gasteiger partial charge in [0, 0.05) is 36.8 Å². The molecule has 7 heteroatoms. The SMILES string of the molecule is Cc1cccc2nc(CCNC(=O)c3n[nH]c4c3C[C@@H](C)O[C@H]4C)cn12. The molecule has 0 aromatic carbocycles. The number of carbonyl (C=O) groups excluding carboxylic acids is 1. The van der Waals surface area contributed by atoms with Crippen molar-refractivity contribution in [2.24, 2.45) is 0 Å². The monoisotopic (exact) mass is 353 g/mol. The van der Waals surface area contributed by atoms with Crippen LogP contribution < -0.4 is 5.32 Å². The molecule has 3 aromatic rings. The zero-order valence-corrected chi connectivity index (χ0v) is 15.2. The summed E-state index contributed by atoms with van der Waals surface area (Å²) in [5.41, 5.74) is 5.38. The van der Waals surface area contributed by atoms with Crippen LogP contribution >= 0.6 is 0 Å². The van der Waals surface area contributed by atoms with Crippen molar-refractivity contribution < 1.29 is 9.53 Å². The van der Waals surface area contributed by atoms with Gasteiger partial charge in [0.25, 0.3) is 5.91 Å². The average molecular weight is 353 g/mol. The molecule has 0 saturated carbocycles. The molecule has 0 aliphatic carbocycles. The van der Waals surface area contributed by atoms with Gasteiger partial charge in [-0.3, -0.25) is 9.89 Å². The number of amides is 1. The van der Waals surface area contributed by atoms with Crippen molar-refractivity contribution in [3.05, 3.63) is 52.7 Å². The minimum Gasteiger partial charge on any atom is -0.369 e. The number of fused-ring (bicyclic) bond motifs is 2. The minimum atomic E-state index is -0.149. The molecule has 4 heterocycles. The summed E-state index contributed by atoms with van der Waals surface area (Å²) in [7, 11) is 0. The zero-order valence-electron chi connectivity index (χ0n) is 15.2. The van der Waals surface area contributed by atoms with Gasteiger partial charge in [0.1, 0.15) is 5.65 Å². The van der Waals surface area contributed by atoms with Crippen LogP contribution in [0.25, 0.3) is 5.65 Å². The highest BCUT2D eigenvalue weighted by Crippen LogP contribution is 2.29. The van der Waals surface area contributed by atoms with Gasteiger partial charge in [-0.05, 0) is 32.9 Å². The normalized spacial score (nSPS) is 19.5. The molecule has 136 valence electrons. The lowest BCUT2D eigenvalue weighted by atomic mass is 9.99. The van der Waals surface area contributed by atoms with Gasteiger partial charge < -0.3 is 14.5 Å². The molecule has 0 unspecified atom stereocenters. The first-order chi connectivity index (χ1) is 12.5. The number of pyridine rings is 1. The Bertz CT molecular complexity index is 958. The fourth-order valence-corrected chi connectivity index (χ4v) is 3.57. The Morgan fingerprint density at radius 3 is 3.08 bits per heavy atom. The third-order valence-corrected chi connectivity index (χ3v) is 4.86. The first kappa shape index (κ1) is 16.8. The van der Waals surface area contributed by atoms with Gasteiger partial charge in [-0.15, -0.1) is 0 Å². The smallest absolute Gasteiger partial charge is 0.272 e. The van der Waals surface area contributed by atoms with Crippen LogP contribution in [-0.4, -0.2) is 38.1 Å². The van der Waals surface area contributed by atoms with E-state index in [1.807, 2.05) is 45.2 Å². The number of aromatic nitrogens is 4. The molecular formula is C19H23N5O2. The Hall–Kier alpha value is -2.67. The fraction of sp³-hybridized carbons (Fsp3) is 0.421. The summed E-state index contributed by atoms with van der Waals surface area (Å²) in [5.74, 6) is -0.149. The second-order valence-electron chi connectivity index (χ2n) is 6.89. The minimum absolute atomic E-state index is 0.0657. The van der Waals surface area contributed by atoms with Gasteiger partial charge in [0.15, 0.2) is 5.69 Å². The molecule has 0 fully saturated rings. The van der Waals surface area contributed by atoms with E-state index < -0.39 is 0 Å². The standard InChI is InChI=1S/C19H23N5O2/c1-11-5-4-6-16-21-14(10-24(11)16)7-8-20-19(25)18-15-9-12(2)26-13(3)17(15)22-23-18/h4-6,10,12-13H,7-9H2,1-3H3,(H,20,25)(H,22,23)/t12-,13+/m1/s1. The lowest BCUT2D eigenvalue weighted by molar-refractivity contribution is -0.00697. The second-order valence-corrected chi connectivity index (χ2v) is 6.89. The van der Waals surface area contributed by atoms with Crippen molar-refractivity contribution in [2.45, 2.75) is 45.8 Å². The van der Waals surface area contributed by atoms with Crippen LogP contribution in [0.4, 0.5) is 0 Å². The summed E-state index contributed by atoms with van der Waals surface area (Å²) in [6.45, 7) is 6.55. The molecule has 2 N–H and O–H groups in total. The van der Waals surface area contributed by atoms with E-state index >= 15 is 0 Å². The zero-order chi connectivity index (χ0) is 18.3. The van der Waals surface area contributed by atoms with E-state index in [1.165, 1.54) is 0 Å². The number of ether oxygens (including phenoxy) is 1. The first-order valence-corrected chi connectivity index (χ1v) is 8.97. The van der Waals surface area contributed by atoms with Crippen LogP contribution in [0.1, 0.15) is 53.1 Å². The Labute approximate surface area is 151 Å². The van der Waals surface area contributed by atoms with Crippen LogP contribution in [0.15, 0.2) is 24.4 Å². The fourth-order valence-electron chi connectivity index (χ4n) is 3.57. The third kappa shape index (κ3) is 2.99. The number of hydrogen-bond donors (Lipinski definition) is 2. The Kier molecular flexibility index (Phi) is 4.24. The van der Waals surface area contributed by atoms with Crippen LogP contribution in [0.2, 0.25) is 0 Å². The highest BCUT2D eigenvalue weighted by Gasteiger charge is 2.29. The molecular weight excluding hydrogens is 330 g/mol. The molecule has 0 saturated heterocycles. The van der Waals surface area contributed by atoms with Gasteiger partial charge in [-0.25, -0.2) is 4.98 Å². The van der Waals surface area contributed by atoms with E-state index in [0.29, 0.717) is 25.1 Å². The van der Waals surface area contributed by atoms with Gasteiger partial charge in [-0.2, -0.15) is 5.10 Å². The molecule has 1 aliphatic heterocycles. The summed E-state index contributed by atoms with van der Waals surface area (Å²) < 4.78 is 7.83. The molecule has 0 spiro atoms. The largest absolute Gasteiger partial charge is 0.369 e. The van der Waals surface area contributed by atoms with E-state index in [4.69, 9.17) is 4.74 Å². The van der Waals surface area contributed by atoms with Crippen molar-refractivity contribution in [2.75, 3.05) is 6.54 Å². The summed E-state index contributed by atoms with van der Waals surface area (Å²) in [6.07, 6.45) is 3.42. The number of nitrogens with one attached hydrogen (secondary N) is 2. The maximum absolute atomic E-state index is 12.5.